The number of hydrogen-bond donors (Lipinski definition) is 0. The fraction of sp³-hybridized carbons (Fsp3) is 0.333. The van der Waals surface area contributed by atoms with Gasteiger partial charge in [-0.2, -0.15) is 13.2 Å². The predicted molar refractivity (Wildman–Crippen MR) is 55.4 cm³/mol. The first-order valence-electron chi connectivity index (χ1n) is 4.79. The van der Waals surface area contributed by atoms with E-state index in [2.05, 4.69) is 0 Å². The van der Waals surface area contributed by atoms with Gasteiger partial charge < -0.3 is 0 Å². The summed E-state index contributed by atoms with van der Waals surface area (Å²) < 4.78 is 37.2. The van der Waals surface area contributed by atoms with Crippen molar-refractivity contribution in [3.63, 3.8) is 0 Å². The Hall–Kier alpha value is -1.25. The highest BCUT2D eigenvalue weighted by molar-refractivity contribution is 5.64. The van der Waals surface area contributed by atoms with Crippen molar-refractivity contribution in [3.8, 4) is 0 Å². The fourth-order valence-corrected chi connectivity index (χ4v) is 1.36. The van der Waals surface area contributed by atoms with Crippen LogP contribution in [0.5, 0.6) is 0 Å². The van der Waals surface area contributed by atoms with Crippen molar-refractivity contribution in [3.05, 3.63) is 41.5 Å². The first-order chi connectivity index (χ1) is 6.95. The third-order valence-corrected chi connectivity index (χ3v) is 2.16. The number of alkyl halides is 3. The Labute approximate surface area is 87.4 Å². The van der Waals surface area contributed by atoms with Gasteiger partial charge in [-0.05, 0) is 36.6 Å². The van der Waals surface area contributed by atoms with Crippen molar-refractivity contribution in [2.75, 3.05) is 0 Å². The molecule has 0 heterocycles. The zero-order valence-electron chi connectivity index (χ0n) is 8.73. The molecule has 0 nitrogen and oxygen atoms in total. The number of rotatable bonds is 2. The van der Waals surface area contributed by atoms with E-state index in [1.165, 1.54) is 12.1 Å². The predicted octanol–water partition coefficient (Wildman–Crippen LogP) is 4.52. The van der Waals surface area contributed by atoms with Crippen molar-refractivity contribution in [1.82, 2.24) is 0 Å². The monoisotopic (exact) mass is 214 g/mol. The lowest BCUT2D eigenvalue weighted by Gasteiger charge is -2.08. The van der Waals surface area contributed by atoms with Gasteiger partial charge in [0.05, 0.1) is 5.56 Å². The molecule has 1 aromatic rings. The molecule has 0 radical (unpaired) electrons. The minimum Gasteiger partial charge on any atom is -0.166 e. The normalized spacial score (nSPS) is 13.0. The zero-order valence-corrected chi connectivity index (χ0v) is 8.73. The molecular weight excluding hydrogens is 201 g/mol. The average Bonchev–Trinajstić information content (AvgIpc) is 2.17. The molecule has 0 aliphatic rings. The van der Waals surface area contributed by atoms with Gasteiger partial charge >= 0.3 is 6.18 Å². The average molecular weight is 214 g/mol. The van der Waals surface area contributed by atoms with Crippen molar-refractivity contribution < 1.29 is 13.2 Å². The summed E-state index contributed by atoms with van der Waals surface area (Å²) >= 11 is 0. The van der Waals surface area contributed by atoms with E-state index in [1.807, 2.05) is 19.9 Å². The van der Waals surface area contributed by atoms with E-state index >= 15 is 0 Å². The van der Waals surface area contributed by atoms with E-state index in [0.717, 1.165) is 18.1 Å². The van der Waals surface area contributed by atoms with Crippen LogP contribution < -0.4 is 0 Å². The van der Waals surface area contributed by atoms with Crippen LogP contribution in [0.15, 0.2) is 30.3 Å². The molecule has 0 saturated carbocycles. The Morgan fingerprint density at radius 1 is 1.33 bits per heavy atom. The third-order valence-electron chi connectivity index (χ3n) is 2.16. The van der Waals surface area contributed by atoms with Crippen LogP contribution in [0, 0.1) is 0 Å². The van der Waals surface area contributed by atoms with E-state index in [9.17, 15) is 13.2 Å². The number of allylic oxidation sites excluding steroid dienone is 2. The van der Waals surface area contributed by atoms with Crippen LogP contribution in [-0.4, -0.2) is 0 Å². The van der Waals surface area contributed by atoms with E-state index < -0.39 is 11.7 Å². The molecule has 0 aromatic heterocycles. The molecule has 0 atom stereocenters. The lowest BCUT2D eigenvalue weighted by atomic mass is 10.0. The highest BCUT2D eigenvalue weighted by Crippen LogP contribution is 2.30. The van der Waals surface area contributed by atoms with Crippen LogP contribution in [0.25, 0.3) is 5.57 Å². The molecule has 1 aromatic carbocycles. The number of hydrogen-bond acceptors (Lipinski definition) is 0. The maximum absolute atomic E-state index is 12.4. The second kappa shape index (κ2) is 4.51. The molecule has 15 heavy (non-hydrogen) atoms. The molecule has 0 amide bonds. The summed E-state index contributed by atoms with van der Waals surface area (Å²) in [7, 11) is 0. The van der Waals surface area contributed by atoms with Crippen molar-refractivity contribution in [2.45, 2.75) is 26.4 Å². The Bertz CT molecular complexity index is 361. The van der Waals surface area contributed by atoms with Gasteiger partial charge in [-0.15, -0.1) is 0 Å². The summed E-state index contributed by atoms with van der Waals surface area (Å²) in [4.78, 5) is 0. The number of benzene rings is 1. The molecule has 0 spiro atoms. The molecule has 3 heteroatoms. The fourth-order valence-electron chi connectivity index (χ4n) is 1.36. The molecule has 1 rings (SSSR count). The van der Waals surface area contributed by atoms with Gasteiger partial charge in [-0.25, -0.2) is 0 Å². The summed E-state index contributed by atoms with van der Waals surface area (Å²) in [6.45, 7) is 3.77. The van der Waals surface area contributed by atoms with E-state index in [0.29, 0.717) is 5.56 Å². The van der Waals surface area contributed by atoms with Crippen LogP contribution in [0.4, 0.5) is 13.2 Å². The third kappa shape index (κ3) is 3.11. The lowest BCUT2D eigenvalue weighted by molar-refractivity contribution is -0.137. The molecule has 0 unspecified atom stereocenters. The maximum atomic E-state index is 12.4. The van der Waals surface area contributed by atoms with Crippen molar-refractivity contribution >= 4 is 5.57 Å². The summed E-state index contributed by atoms with van der Waals surface area (Å²) in [5, 5.41) is 0. The van der Waals surface area contributed by atoms with Gasteiger partial charge in [0, 0.05) is 0 Å². The summed E-state index contributed by atoms with van der Waals surface area (Å²) in [6, 6.07) is 5.39. The topological polar surface area (TPSA) is 0 Å². The number of halogens is 3. The first-order valence-corrected chi connectivity index (χ1v) is 4.79. The maximum Gasteiger partial charge on any atom is 0.416 e. The quantitative estimate of drug-likeness (QED) is 0.679. The van der Waals surface area contributed by atoms with Crippen LogP contribution in [0.3, 0.4) is 0 Å². The standard InChI is InChI=1S/C12H13F3/c1-3-5-9(2)10-6-4-7-11(8-10)12(13,14)15/h4-8H,3H2,1-2H3/b9-5+. The van der Waals surface area contributed by atoms with Gasteiger partial charge in [-0.1, -0.05) is 25.1 Å². The SMILES string of the molecule is CC/C=C(\C)c1cccc(C(F)(F)F)c1. The van der Waals surface area contributed by atoms with E-state index in [1.54, 1.807) is 6.07 Å². The molecule has 82 valence electrons. The van der Waals surface area contributed by atoms with Gasteiger partial charge in [0.25, 0.3) is 0 Å². The minimum absolute atomic E-state index is 0.594. The highest BCUT2D eigenvalue weighted by atomic mass is 19.4. The van der Waals surface area contributed by atoms with Crippen LogP contribution in [-0.2, 0) is 6.18 Å². The van der Waals surface area contributed by atoms with Gasteiger partial charge in [-0.3, -0.25) is 0 Å². The molecular formula is C12H13F3. The van der Waals surface area contributed by atoms with Crippen molar-refractivity contribution in [2.24, 2.45) is 0 Å². The smallest absolute Gasteiger partial charge is 0.166 e. The van der Waals surface area contributed by atoms with Gasteiger partial charge in [0.15, 0.2) is 0 Å². The van der Waals surface area contributed by atoms with Crippen molar-refractivity contribution in [1.29, 1.82) is 0 Å². The molecule has 0 fully saturated rings. The molecule has 0 aliphatic carbocycles. The molecule has 0 saturated heterocycles. The largest absolute Gasteiger partial charge is 0.416 e. The summed E-state index contributed by atoms with van der Waals surface area (Å²) in [5.74, 6) is 0. The van der Waals surface area contributed by atoms with Gasteiger partial charge in [0.1, 0.15) is 0 Å². The minimum atomic E-state index is -4.26. The zero-order chi connectivity index (χ0) is 11.5. The first kappa shape index (κ1) is 11.8. The second-order valence-electron chi connectivity index (χ2n) is 3.37. The molecule has 0 N–H and O–H groups in total. The Kier molecular flexibility index (Phi) is 3.56. The second-order valence-corrected chi connectivity index (χ2v) is 3.37. The highest BCUT2D eigenvalue weighted by Gasteiger charge is 2.30. The Balaban J connectivity index is 3.08. The summed E-state index contributed by atoms with van der Waals surface area (Å²) in [5.41, 5.74) is 0.916. The summed E-state index contributed by atoms with van der Waals surface area (Å²) in [6.07, 6.45) is -1.53. The Morgan fingerprint density at radius 3 is 2.53 bits per heavy atom. The van der Waals surface area contributed by atoms with Crippen LogP contribution in [0.2, 0.25) is 0 Å². The van der Waals surface area contributed by atoms with E-state index in [-0.39, 0.29) is 0 Å². The van der Waals surface area contributed by atoms with E-state index in [4.69, 9.17) is 0 Å². The van der Waals surface area contributed by atoms with Crippen LogP contribution >= 0.6 is 0 Å². The lowest BCUT2D eigenvalue weighted by Crippen LogP contribution is -2.04. The van der Waals surface area contributed by atoms with Gasteiger partial charge in [0.2, 0.25) is 0 Å². The van der Waals surface area contributed by atoms with Crippen LogP contribution in [0.1, 0.15) is 31.4 Å². The molecule has 0 bridgehead atoms. The Morgan fingerprint density at radius 2 is 2.00 bits per heavy atom. The molecule has 0 aliphatic heterocycles.